The molecule has 3 rings (SSSR count). The maximum absolute atomic E-state index is 12.1. The third-order valence-corrected chi connectivity index (χ3v) is 3.59. The van der Waals surface area contributed by atoms with Crippen LogP contribution in [-0.4, -0.2) is 37.0 Å². The fourth-order valence-electron chi connectivity index (χ4n) is 2.51. The number of pyridine rings is 1. The molecule has 3 aromatic heterocycles. The molecule has 0 unspecified atom stereocenters. The zero-order valence-electron chi connectivity index (χ0n) is 14.2. The predicted octanol–water partition coefficient (Wildman–Crippen LogP) is 2.11. The molecule has 0 saturated carbocycles. The number of amides is 2. The lowest BCUT2D eigenvalue weighted by Crippen LogP contribution is -2.37. The van der Waals surface area contributed by atoms with Crippen LogP contribution >= 0.6 is 0 Å². The van der Waals surface area contributed by atoms with Crippen molar-refractivity contribution in [2.24, 2.45) is 0 Å². The topological polar surface area (TPSA) is 101 Å². The van der Waals surface area contributed by atoms with Crippen molar-refractivity contribution in [3.63, 3.8) is 0 Å². The fourth-order valence-corrected chi connectivity index (χ4v) is 2.51. The van der Waals surface area contributed by atoms with Gasteiger partial charge in [-0.15, -0.1) is 0 Å². The molecule has 0 aliphatic rings. The van der Waals surface area contributed by atoms with E-state index in [2.05, 4.69) is 30.9 Å². The van der Waals surface area contributed by atoms with Gasteiger partial charge >= 0.3 is 6.03 Å². The molecule has 130 valence electrons. The van der Waals surface area contributed by atoms with Gasteiger partial charge in [0.15, 0.2) is 0 Å². The Kier molecular flexibility index (Phi) is 5.08. The van der Waals surface area contributed by atoms with Crippen molar-refractivity contribution in [3.05, 3.63) is 59.9 Å². The lowest BCUT2D eigenvalue weighted by Gasteiger charge is -2.12. The number of carbonyl (C=O) groups is 1. The molecule has 1 atom stereocenters. The number of hydrogen-bond acceptors (Lipinski definition) is 4. The average Bonchev–Trinajstić information content (AvgIpc) is 3.17. The number of rotatable bonds is 6. The second-order valence-corrected chi connectivity index (χ2v) is 5.99. The molecule has 0 bridgehead atoms. The van der Waals surface area contributed by atoms with Crippen LogP contribution in [0, 0.1) is 6.92 Å². The van der Waals surface area contributed by atoms with Gasteiger partial charge in [0.2, 0.25) is 0 Å². The van der Waals surface area contributed by atoms with E-state index < -0.39 is 0 Å². The van der Waals surface area contributed by atoms with E-state index in [0.717, 1.165) is 17.1 Å². The minimum absolute atomic E-state index is 0.0359. The monoisotopic (exact) mass is 339 g/mol. The highest BCUT2D eigenvalue weighted by Crippen LogP contribution is 2.07. The van der Waals surface area contributed by atoms with E-state index in [9.17, 15) is 4.79 Å². The van der Waals surface area contributed by atoms with Gasteiger partial charge in [0.25, 0.3) is 0 Å². The molecule has 3 aromatic rings. The van der Waals surface area contributed by atoms with Crippen LogP contribution in [0.1, 0.15) is 24.0 Å². The smallest absolute Gasteiger partial charge is 0.319 e. The fraction of sp³-hybridized carbons (Fsp3) is 0.294. The van der Waals surface area contributed by atoms with Crippen molar-refractivity contribution >= 4 is 11.7 Å². The number of urea groups is 1. The summed E-state index contributed by atoms with van der Waals surface area (Å²) in [6.45, 7) is 4.44. The van der Waals surface area contributed by atoms with Crippen LogP contribution in [0.25, 0.3) is 0 Å². The van der Waals surface area contributed by atoms with Gasteiger partial charge in [-0.3, -0.25) is 14.8 Å². The lowest BCUT2D eigenvalue weighted by molar-refractivity contribution is 0.249. The summed E-state index contributed by atoms with van der Waals surface area (Å²) in [5.41, 5.74) is 3.47. The Morgan fingerprint density at radius 1 is 1.36 bits per heavy atom. The van der Waals surface area contributed by atoms with E-state index in [1.54, 1.807) is 23.3 Å². The summed E-state index contributed by atoms with van der Waals surface area (Å²) < 4.78 is 1.73. The van der Waals surface area contributed by atoms with Crippen molar-refractivity contribution in [1.82, 2.24) is 30.3 Å². The highest BCUT2D eigenvalue weighted by Gasteiger charge is 2.11. The summed E-state index contributed by atoms with van der Waals surface area (Å²) in [6, 6.07) is 7.40. The van der Waals surface area contributed by atoms with Crippen molar-refractivity contribution in [2.75, 3.05) is 5.32 Å². The van der Waals surface area contributed by atoms with Gasteiger partial charge in [0.1, 0.15) is 0 Å². The Hall–Kier alpha value is -3.16. The minimum atomic E-state index is -0.267. The van der Waals surface area contributed by atoms with Crippen LogP contribution < -0.4 is 10.6 Å². The average molecular weight is 339 g/mol. The van der Waals surface area contributed by atoms with E-state index in [1.807, 2.05) is 38.1 Å². The van der Waals surface area contributed by atoms with Gasteiger partial charge in [-0.2, -0.15) is 10.2 Å². The molecule has 3 heterocycles. The van der Waals surface area contributed by atoms with E-state index in [-0.39, 0.29) is 12.1 Å². The third-order valence-electron chi connectivity index (χ3n) is 3.59. The largest absolute Gasteiger partial charge is 0.335 e. The van der Waals surface area contributed by atoms with Crippen molar-refractivity contribution in [3.8, 4) is 0 Å². The van der Waals surface area contributed by atoms with Crippen LogP contribution in [0.3, 0.4) is 0 Å². The Balaban J connectivity index is 1.49. The summed E-state index contributed by atoms with van der Waals surface area (Å²) in [7, 11) is 0. The SMILES string of the molecule is Cc1cc(C[C@@H](C)NC(=O)Nc2cnn(Cc3ccccn3)c2)n[nH]1. The number of carbonyl (C=O) groups excluding carboxylic acids is 1. The molecule has 0 aromatic carbocycles. The van der Waals surface area contributed by atoms with E-state index in [4.69, 9.17) is 0 Å². The lowest BCUT2D eigenvalue weighted by atomic mass is 10.2. The number of H-pyrrole nitrogens is 1. The molecule has 0 spiro atoms. The number of aromatic nitrogens is 5. The minimum Gasteiger partial charge on any atom is -0.335 e. The second kappa shape index (κ2) is 7.61. The number of hydrogen-bond donors (Lipinski definition) is 3. The maximum atomic E-state index is 12.1. The molecule has 0 aliphatic carbocycles. The number of nitrogens with one attached hydrogen (secondary N) is 3. The van der Waals surface area contributed by atoms with Gasteiger partial charge in [-0.05, 0) is 32.0 Å². The zero-order chi connectivity index (χ0) is 17.6. The summed E-state index contributed by atoms with van der Waals surface area (Å²) >= 11 is 0. The maximum Gasteiger partial charge on any atom is 0.319 e. The highest BCUT2D eigenvalue weighted by atomic mass is 16.2. The first-order chi connectivity index (χ1) is 12.1. The molecule has 8 heteroatoms. The predicted molar refractivity (Wildman–Crippen MR) is 94.2 cm³/mol. The van der Waals surface area contributed by atoms with Gasteiger partial charge < -0.3 is 10.6 Å². The molecule has 0 saturated heterocycles. The zero-order valence-corrected chi connectivity index (χ0v) is 14.2. The van der Waals surface area contributed by atoms with Crippen LogP contribution in [-0.2, 0) is 13.0 Å². The Labute approximate surface area is 145 Å². The number of aromatic amines is 1. The summed E-state index contributed by atoms with van der Waals surface area (Å²) in [4.78, 5) is 16.3. The standard InChI is InChI=1S/C17H21N7O/c1-12(7-15-8-13(2)22-23-15)20-17(25)21-16-9-19-24(11-16)10-14-5-3-4-6-18-14/h3-6,8-9,11-12H,7,10H2,1-2H3,(H,22,23)(H2,20,21,25)/t12-/m1/s1. The van der Waals surface area contributed by atoms with Crippen LogP contribution in [0.2, 0.25) is 0 Å². The second-order valence-electron chi connectivity index (χ2n) is 5.99. The van der Waals surface area contributed by atoms with E-state index in [0.29, 0.717) is 18.7 Å². The van der Waals surface area contributed by atoms with Crippen LogP contribution in [0.4, 0.5) is 10.5 Å². The number of aryl methyl sites for hydroxylation is 1. The molecule has 0 aliphatic heterocycles. The molecule has 2 amide bonds. The van der Waals surface area contributed by atoms with Crippen LogP contribution in [0.15, 0.2) is 42.9 Å². The normalized spacial score (nSPS) is 11.9. The third kappa shape index (κ3) is 4.90. The first kappa shape index (κ1) is 16.7. The first-order valence-electron chi connectivity index (χ1n) is 8.09. The van der Waals surface area contributed by atoms with Gasteiger partial charge in [-0.1, -0.05) is 6.07 Å². The molecule has 0 fully saturated rings. The summed E-state index contributed by atoms with van der Waals surface area (Å²) in [6.07, 6.45) is 5.80. The Morgan fingerprint density at radius 3 is 2.96 bits per heavy atom. The number of nitrogens with zero attached hydrogens (tertiary/aromatic N) is 4. The number of anilines is 1. The molecule has 8 nitrogen and oxygen atoms in total. The van der Waals surface area contributed by atoms with Crippen molar-refractivity contribution in [2.45, 2.75) is 32.9 Å². The van der Waals surface area contributed by atoms with Gasteiger partial charge in [0, 0.05) is 30.6 Å². The van der Waals surface area contributed by atoms with Gasteiger partial charge in [-0.25, -0.2) is 4.79 Å². The highest BCUT2D eigenvalue weighted by molar-refractivity contribution is 5.89. The summed E-state index contributed by atoms with van der Waals surface area (Å²) in [5.74, 6) is 0. The van der Waals surface area contributed by atoms with Crippen LogP contribution in [0.5, 0.6) is 0 Å². The van der Waals surface area contributed by atoms with E-state index >= 15 is 0 Å². The Morgan fingerprint density at radius 2 is 2.24 bits per heavy atom. The summed E-state index contributed by atoms with van der Waals surface area (Å²) in [5, 5.41) is 17.0. The van der Waals surface area contributed by atoms with Gasteiger partial charge in [0.05, 0.1) is 29.8 Å². The Bertz CT molecular complexity index is 824. The molecular weight excluding hydrogens is 318 g/mol. The molecule has 3 N–H and O–H groups in total. The van der Waals surface area contributed by atoms with E-state index in [1.165, 1.54) is 0 Å². The van der Waals surface area contributed by atoms with Crippen molar-refractivity contribution < 1.29 is 4.79 Å². The molecular formula is C17H21N7O. The van der Waals surface area contributed by atoms with Crippen molar-refractivity contribution in [1.29, 1.82) is 0 Å². The first-order valence-corrected chi connectivity index (χ1v) is 8.09. The quantitative estimate of drug-likeness (QED) is 0.640. The molecule has 0 radical (unpaired) electrons. The molecule has 25 heavy (non-hydrogen) atoms.